The number of hydrogen-bond donors (Lipinski definition) is 0. The van der Waals surface area contributed by atoms with Crippen LogP contribution in [0, 0.1) is 17.7 Å². The molecule has 0 bridgehead atoms. The molecule has 2 saturated heterocycles. The van der Waals surface area contributed by atoms with E-state index in [-0.39, 0.29) is 29.5 Å². The van der Waals surface area contributed by atoms with E-state index in [1.807, 2.05) is 0 Å². The number of methoxy groups -OCH3 is 1. The maximum Gasteiger partial charge on any atom is 0.234 e. The van der Waals surface area contributed by atoms with Crippen molar-refractivity contribution < 1.29 is 18.7 Å². The molecule has 7 heteroatoms. The molecule has 0 spiro atoms. The first kappa shape index (κ1) is 19.3. The van der Waals surface area contributed by atoms with Crippen molar-refractivity contribution in [2.24, 2.45) is 11.8 Å². The van der Waals surface area contributed by atoms with E-state index in [1.54, 1.807) is 13.2 Å². The van der Waals surface area contributed by atoms with Gasteiger partial charge in [0.2, 0.25) is 11.8 Å². The molecule has 6 nitrogen and oxygen atoms in total. The maximum atomic E-state index is 13.6. The van der Waals surface area contributed by atoms with Crippen LogP contribution in [0.1, 0.15) is 31.2 Å². The van der Waals surface area contributed by atoms with Gasteiger partial charge in [0.05, 0.1) is 25.6 Å². The van der Waals surface area contributed by atoms with Crippen LogP contribution in [0.3, 0.4) is 0 Å². The van der Waals surface area contributed by atoms with Gasteiger partial charge in [-0.2, -0.15) is 0 Å². The fourth-order valence-electron chi connectivity index (χ4n) is 4.77. The predicted octanol–water partition coefficient (Wildman–Crippen LogP) is 2.08. The third kappa shape index (κ3) is 3.78. The fourth-order valence-corrected chi connectivity index (χ4v) is 4.77. The number of carbonyl (C=O) groups excluding carboxylic acids is 2. The number of likely N-dealkylation sites (tertiary alicyclic amines) is 1. The molecule has 1 aliphatic carbocycles. The Balaban J connectivity index is 1.32. The van der Waals surface area contributed by atoms with E-state index in [4.69, 9.17) is 4.74 Å². The van der Waals surface area contributed by atoms with Gasteiger partial charge in [0.15, 0.2) is 0 Å². The summed E-state index contributed by atoms with van der Waals surface area (Å²) in [6, 6.07) is 4.58. The Hall–Kier alpha value is -1.99. The zero-order valence-corrected chi connectivity index (χ0v) is 16.4. The van der Waals surface area contributed by atoms with Crippen LogP contribution in [0.5, 0.6) is 5.75 Å². The summed E-state index contributed by atoms with van der Waals surface area (Å²) < 4.78 is 18.9. The number of amides is 2. The lowest BCUT2D eigenvalue weighted by Crippen LogP contribution is -2.51. The van der Waals surface area contributed by atoms with Gasteiger partial charge in [-0.05, 0) is 31.0 Å². The molecule has 3 fully saturated rings. The van der Waals surface area contributed by atoms with E-state index < -0.39 is 0 Å². The summed E-state index contributed by atoms with van der Waals surface area (Å²) in [7, 11) is 1.59. The number of halogens is 1. The van der Waals surface area contributed by atoms with E-state index in [0.29, 0.717) is 19.0 Å². The van der Waals surface area contributed by atoms with Crippen molar-refractivity contribution in [3.05, 3.63) is 29.6 Å². The lowest BCUT2D eigenvalue weighted by atomic mass is 9.81. The van der Waals surface area contributed by atoms with Gasteiger partial charge >= 0.3 is 0 Å². The topological polar surface area (TPSA) is 53.1 Å². The number of fused-ring (bicyclic) bond motifs is 1. The molecule has 1 aromatic rings. The summed E-state index contributed by atoms with van der Waals surface area (Å²) in [5.41, 5.74) is 0.838. The average Bonchev–Trinajstić information content (AvgIpc) is 2.95. The van der Waals surface area contributed by atoms with Crippen LogP contribution in [0.4, 0.5) is 4.39 Å². The molecule has 2 atom stereocenters. The van der Waals surface area contributed by atoms with Gasteiger partial charge in [0.1, 0.15) is 11.6 Å². The Morgan fingerprint density at radius 3 is 2.21 bits per heavy atom. The molecule has 1 aromatic carbocycles. The molecular formula is C21H28FN3O3. The molecule has 0 aromatic heterocycles. The minimum atomic E-state index is -0.262. The highest BCUT2D eigenvalue weighted by atomic mass is 19.1. The largest absolute Gasteiger partial charge is 0.496 e. The quantitative estimate of drug-likeness (QED) is 0.722. The van der Waals surface area contributed by atoms with E-state index in [1.165, 1.54) is 17.0 Å². The van der Waals surface area contributed by atoms with Gasteiger partial charge in [-0.1, -0.05) is 12.8 Å². The second-order valence-electron chi connectivity index (χ2n) is 8.09. The van der Waals surface area contributed by atoms with Gasteiger partial charge in [-0.15, -0.1) is 0 Å². The molecule has 0 unspecified atom stereocenters. The zero-order valence-electron chi connectivity index (χ0n) is 16.4. The standard InChI is InChI=1S/C21H28FN3O3/c1-28-19-7-6-16(22)12-15(19)13-23-8-10-24(11-9-23)14-25-20(26)17-4-2-3-5-18(17)21(25)27/h6-7,12,17-18H,2-5,8-11,13-14H2,1H3/t17-,18-/m1/s1. The number of carbonyl (C=O) groups is 2. The van der Waals surface area contributed by atoms with Crippen LogP contribution in [0.2, 0.25) is 0 Å². The SMILES string of the molecule is COc1ccc(F)cc1CN1CCN(CN2C(=O)[C@@H]3CCCC[C@H]3C2=O)CC1. The summed E-state index contributed by atoms with van der Waals surface area (Å²) in [5, 5.41) is 0. The predicted molar refractivity (Wildman–Crippen MR) is 102 cm³/mol. The molecular weight excluding hydrogens is 361 g/mol. The Labute approximate surface area is 165 Å². The number of hydrogen-bond acceptors (Lipinski definition) is 5. The molecule has 28 heavy (non-hydrogen) atoms. The molecule has 3 aliphatic rings. The molecule has 2 heterocycles. The van der Waals surface area contributed by atoms with E-state index in [2.05, 4.69) is 9.80 Å². The number of imide groups is 1. The third-order valence-electron chi connectivity index (χ3n) is 6.38. The van der Waals surface area contributed by atoms with Gasteiger partial charge < -0.3 is 4.74 Å². The normalized spacial score (nSPS) is 26.6. The monoisotopic (exact) mass is 389 g/mol. The zero-order chi connectivity index (χ0) is 19.7. The molecule has 152 valence electrons. The lowest BCUT2D eigenvalue weighted by Gasteiger charge is -2.36. The first-order valence-electron chi connectivity index (χ1n) is 10.2. The highest BCUT2D eigenvalue weighted by Gasteiger charge is 2.48. The second-order valence-corrected chi connectivity index (χ2v) is 8.09. The summed E-state index contributed by atoms with van der Waals surface area (Å²) in [6.07, 6.45) is 3.82. The minimum absolute atomic E-state index is 0.0293. The Morgan fingerprint density at radius 1 is 1.00 bits per heavy atom. The Kier molecular flexibility index (Phi) is 5.64. The van der Waals surface area contributed by atoms with Crippen molar-refractivity contribution in [2.75, 3.05) is 40.0 Å². The van der Waals surface area contributed by atoms with Gasteiger partial charge in [0, 0.05) is 38.3 Å². The Bertz CT molecular complexity index is 724. The van der Waals surface area contributed by atoms with E-state index >= 15 is 0 Å². The number of rotatable bonds is 5. The molecule has 4 rings (SSSR count). The van der Waals surface area contributed by atoms with Crippen molar-refractivity contribution in [2.45, 2.75) is 32.2 Å². The van der Waals surface area contributed by atoms with Crippen molar-refractivity contribution in [3.8, 4) is 5.75 Å². The van der Waals surface area contributed by atoms with Crippen molar-refractivity contribution in [1.29, 1.82) is 0 Å². The third-order valence-corrected chi connectivity index (χ3v) is 6.38. The Morgan fingerprint density at radius 2 is 1.61 bits per heavy atom. The van der Waals surface area contributed by atoms with Crippen molar-refractivity contribution in [3.63, 3.8) is 0 Å². The molecule has 2 amide bonds. The van der Waals surface area contributed by atoms with Crippen LogP contribution < -0.4 is 4.74 Å². The second kappa shape index (κ2) is 8.17. The van der Waals surface area contributed by atoms with Crippen LogP contribution in [0.15, 0.2) is 18.2 Å². The smallest absolute Gasteiger partial charge is 0.234 e. The number of nitrogens with zero attached hydrogens (tertiary/aromatic N) is 3. The summed E-state index contributed by atoms with van der Waals surface area (Å²) in [4.78, 5) is 31.2. The highest BCUT2D eigenvalue weighted by Crippen LogP contribution is 2.38. The van der Waals surface area contributed by atoms with Crippen LogP contribution >= 0.6 is 0 Å². The van der Waals surface area contributed by atoms with Crippen LogP contribution in [0.25, 0.3) is 0 Å². The first-order valence-corrected chi connectivity index (χ1v) is 10.2. The fraction of sp³-hybridized carbons (Fsp3) is 0.619. The molecule has 0 radical (unpaired) electrons. The average molecular weight is 389 g/mol. The van der Waals surface area contributed by atoms with Gasteiger partial charge in [-0.3, -0.25) is 24.3 Å². The molecule has 0 N–H and O–H groups in total. The number of piperazine rings is 1. The van der Waals surface area contributed by atoms with Gasteiger partial charge in [-0.25, -0.2) is 4.39 Å². The number of ether oxygens (including phenoxy) is 1. The van der Waals surface area contributed by atoms with E-state index in [9.17, 15) is 14.0 Å². The summed E-state index contributed by atoms with van der Waals surface area (Å²) in [6.45, 7) is 4.21. The summed E-state index contributed by atoms with van der Waals surface area (Å²) >= 11 is 0. The highest BCUT2D eigenvalue weighted by molar-refractivity contribution is 6.05. The summed E-state index contributed by atoms with van der Waals surface area (Å²) in [5.74, 6) is 0.330. The van der Waals surface area contributed by atoms with Crippen molar-refractivity contribution in [1.82, 2.24) is 14.7 Å². The maximum absolute atomic E-state index is 13.6. The first-order chi connectivity index (χ1) is 13.6. The lowest BCUT2D eigenvalue weighted by molar-refractivity contribution is -0.142. The van der Waals surface area contributed by atoms with Crippen LogP contribution in [-0.4, -0.2) is 66.5 Å². The molecule has 2 aliphatic heterocycles. The van der Waals surface area contributed by atoms with Crippen molar-refractivity contribution >= 4 is 11.8 Å². The minimum Gasteiger partial charge on any atom is -0.496 e. The number of benzene rings is 1. The van der Waals surface area contributed by atoms with Gasteiger partial charge in [0.25, 0.3) is 0 Å². The molecule has 1 saturated carbocycles. The van der Waals surface area contributed by atoms with Crippen LogP contribution in [-0.2, 0) is 16.1 Å². The van der Waals surface area contributed by atoms with E-state index in [0.717, 1.165) is 57.4 Å².